The molecule has 1 unspecified atom stereocenters. The number of hydrogen-bond acceptors (Lipinski definition) is 6. The van der Waals surface area contributed by atoms with Gasteiger partial charge in [-0.25, -0.2) is 4.79 Å². The highest BCUT2D eigenvalue weighted by atomic mass is 16.8. The summed E-state index contributed by atoms with van der Waals surface area (Å²) in [5.74, 6) is -1.05. The van der Waals surface area contributed by atoms with Crippen molar-refractivity contribution in [1.29, 1.82) is 0 Å². The first kappa shape index (κ1) is 16.0. The second-order valence-corrected chi connectivity index (χ2v) is 7.00. The smallest absolute Gasteiger partial charge is 0.338 e. The molecule has 1 saturated carbocycles. The van der Waals surface area contributed by atoms with Crippen LogP contribution in [0.4, 0.5) is 0 Å². The van der Waals surface area contributed by atoms with Gasteiger partial charge in [0.1, 0.15) is 23.9 Å². The molecule has 1 spiro atoms. The fraction of sp³-hybridized carbons (Fsp3) is 0.611. The van der Waals surface area contributed by atoms with E-state index in [9.17, 15) is 4.79 Å². The van der Waals surface area contributed by atoms with E-state index < -0.39 is 17.7 Å². The molecule has 0 amide bonds. The highest BCUT2D eigenvalue weighted by Gasteiger charge is 2.70. The number of carbonyl (C=O) groups excluding carboxylic acids is 1. The standard InChI is InChI=1S/C18H22O6/c1-17(2)22-13-14(23-17)18(24-16(13)20-3)10-9-12(18)21-15(19)11-7-5-4-6-8-11/h4-8,12-14,16H,9-10H2,1-3H3/t12-,13-,14?,16+,18+/m0/s1. The Morgan fingerprint density at radius 2 is 1.92 bits per heavy atom. The molecule has 0 bridgehead atoms. The summed E-state index contributed by atoms with van der Waals surface area (Å²) in [4.78, 5) is 12.4. The molecule has 3 fully saturated rings. The lowest BCUT2D eigenvalue weighted by Gasteiger charge is -2.47. The quantitative estimate of drug-likeness (QED) is 0.790. The van der Waals surface area contributed by atoms with Gasteiger partial charge in [-0.15, -0.1) is 0 Å². The third-order valence-electron chi connectivity index (χ3n) is 5.05. The van der Waals surface area contributed by atoms with E-state index >= 15 is 0 Å². The molecule has 5 atom stereocenters. The molecule has 130 valence electrons. The van der Waals surface area contributed by atoms with Gasteiger partial charge in [0.15, 0.2) is 12.1 Å². The first-order valence-electron chi connectivity index (χ1n) is 8.27. The number of ether oxygens (including phenoxy) is 5. The van der Waals surface area contributed by atoms with Gasteiger partial charge in [-0.1, -0.05) is 18.2 Å². The topological polar surface area (TPSA) is 63.2 Å². The number of benzene rings is 1. The molecule has 2 heterocycles. The van der Waals surface area contributed by atoms with Crippen molar-refractivity contribution in [2.75, 3.05) is 7.11 Å². The van der Waals surface area contributed by atoms with Gasteiger partial charge in [0.25, 0.3) is 0 Å². The van der Waals surface area contributed by atoms with E-state index in [1.807, 2.05) is 32.0 Å². The van der Waals surface area contributed by atoms with Crippen molar-refractivity contribution in [3.63, 3.8) is 0 Å². The van der Waals surface area contributed by atoms with Crippen LogP contribution in [0.1, 0.15) is 37.0 Å². The molecule has 2 aliphatic heterocycles. The number of fused-ring (bicyclic) bond motifs is 2. The van der Waals surface area contributed by atoms with Crippen molar-refractivity contribution >= 4 is 5.97 Å². The number of methoxy groups -OCH3 is 1. The summed E-state index contributed by atoms with van der Waals surface area (Å²) < 4.78 is 29.2. The lowest BCUT2D eigenvalue weighted by molar-refractivity contribution is -0.288. The second-order valence-electron chi connectivity index (χ2n) is 7.00. The summed E-state index contributed by atoms with van der Waals surface area (Å²) in [6.45, 7) is 3.74. The molecule has 24 heavy (non-hydrogen) atoms. The zero-order valence-electron chi connectivity index (χ0n) is 14.1. The fourth-order valence-electron chi connectivity index (χ4n) is 3.84. The largest absolute Gasteiger partial charge is 0.456 e. The minimum Gasteiger partial charge on any atom is -0.456 e. The van der Waals surface area contributed by atoms with Crippen molar-refractivity contribution in [2.45, 2.75) is 62.7 Å². The van der Waals surface area contributed by atoms with E-state index in [-0.39, 0.29) is 24.3 Å². The van der Waals surface area contributed by atoms with Crippen molar-refractivity contribution < 1.29 is 28.5 Å². The van der Waals surface area contributed by atoms with E-state index in [1.165, 1.54) is 0 Å². The molecule has 1 aromatic rings. The summed E-state index contributed by atoms with van der Waals surface area (Å²) >= 11 is 0. The van der Waals surface area contributed by atoms with Gasteiger partial charge >= 0.3 is 5.97 Å². The Balaban J connectivity index is 1.54. The Labute approximate surface area is 141 Å². The van der Waals surface area contributed by atoms with Gasteiger partial charge in [-0.3, -0.25) is 0 Å². The minimum atomic E-state index is -0.702. The Morgan fingerprint density at radius 3 is 2.54 bits per heavy atom. The predicted octanol–water partition coefficient (Wildman–Crippen LogP) is 2.27. The second kappa shape index (κ2) is 5.52. The van der Waals surface area contributed by atoms with Crippen LogP contribution in [0, 0.1) is 0 Å². The average Bonchev–Trinajstić information content (AvgIpc) is 3.04. The molecule has 4 rings (SSSR count). The summed E-state index contributed by atoms with van der Waals surface area (Å²) in [7, 11) is 1.58. The third kappa shape index (κ3) is 2.37. The maximum atomic E-state index is 12.4. The van der Waals surface area contributed by atoms with Crippen molar-refractivity contribution in [1.82, 2.24) is 0 Å². The highest BCUT2D eigenvalue weighted by Crippen LogP contribution is 2.54. The molecular weight excluding hydrogens is 312 g/mol. The highest BCUT2D eigenvalue weighted by molar-refractivity contribution is 5.89. The SMILES string of the molecule is CO[C@@H]1O[C@@]2(CC[C@@H]2OC(=O)c2ccccc2)C2OC(C)(C)O[C@@H]21. The van der Waals surface area contributed by atoms with Crippen LogP contribution in [-0.2, 0) is 23.7 Å². The van der Waals surface area contributed by atoms with Crippen molar-refractivity contribution in [3.05, 3.63) is 35.9 Å². The van der Waals surface area contributed by atoms with Gasteiger partial charge < -0.3 is 23.7 Å². The van der Waals surface area contributed by atoms with Gasteiger partial charge in [0.2, 0.25) is 0 Å². The van der Waals surface area contributed by atoms with Crippen LogP contribution < -0.4 is 0 Å². The van der Waals surface area contributed by atoms with E-state index in [4.69, 9.17) is 23.7 Å². The predicted molar refractivity (Wildman–Crippen MR) is 83.3 cm³/mol. The van der Waals surface area contributed by atoms with E-state index in [1.54, 1.807) is 19.2 Å². The van der Waals surface area contributed by atoms with Crippen LogP contribution in [0.15, 0.2) is 30.3 Å². The molecule has 0 radical (unpaired) electrons. The summed E-state index contributed by atoms with van der Waals surface area (Å²) in [5, 5.41) is 0. The molecule has 3 aliphatic rings. The molecule has 6 heteroatoms. The Bertz CT molecular complexity index is 630. The van der Waals surface area contributed by atoms with Crippen LogP contribution in [0.2, 0.25) is 0 Å². The van der Waals surface area contributed by atoms with Gasteiger partial charge in [0, 0.05) is 7.11 Å². The molecule has 1 aliphatic carbocycles. The molecule has 0 N–H and O–H groups in total. The van der Waals surface area contributed by atoms with Crippen molar-refractivity contribution in [2.24, 2.45) is 0 Å². The van der Waals surface area contributed by atoms with Crippen LogP contribution >= 0.6 is 0 Å². The average molecular weight is 334 g/mol. The number of hydrogen-bond donors (Lipinski definition) is 0. The Morgan fingerprint density at radius 1 is 1.17 bits per heavy atom. The van der Waals surface area contributed by atoms with Crippen LogP contribution in [0.5, 0.6) is 0 Å². The van der Waals surface area contributed by atoms with E-state index in [2.05, 4.69) is 0 Å². The monoisotopic (exact) mass is 334 g/mol. The Hall–Kier alpha value is -1.47. The van der Waals surface area contributed by atoms with Crippen LogP contribution in [-0.4, -0.2) is 49.1 Å². The first-order valence-corrected chi connectivity index (χ1v) is 8.27. The maximum absolute atomic E-state index is 12.4. The molecule has 0 aromatic heterocycles. The number of rotatable bonds is 3. The zero-order valence-corrected chi connectivity index (χ0v) is 14.1. The van der Waals surface area contributed by atoms with Gasteiger partial charge in [-0.05, 0) is 38.8 Å². The first-order chi connectivity index (χ1) is 11.5. The number of esters is 1. The van der Waals surface area contributed by atoms with Gasteiger partial charge in [-0.2, -0.15) is 0 Å². The lowest BCUT2D eigenvalue weighted by Crippen LogP contribution is -2.61. The molecular formula is C18H22O6. The minimum absolute atomic E-state index is 0.306. The van der Waals surface area contributed by atoms with E-state index in [0.717, 1.165) is 12.8 Å². The summed E-state index contributed by atoms with van der Waals surface area (Å²) in [6, 6.07) is 8.96. The van der Waals surface area contributed by atoms with E-state index in [0.29, 0.717) is 5.56 Å². The maximum Gasteiger partial charge on any atom is 0.338 e. The summed E-state index contributed by atoms with van der Waals surface area (Å²) in [6.07, 6.45) is -0.0178. The molecule has 2 saturated heterocycles. The van der Waals surface area contributed by atoms with Gasteiger partial charge in [0.05, 0.1) is 5.56 Å². The zero-order chi connectivity index (χ0) is 16.9. The van der Waals surface area contributed by atoms with Crippen molar-refractivity contribution in [3.8, 4) is 0 Å². The Kier molecular flexibility index (Phi) is 3.69. The third-order valence-corrected chi connectivity index (χ3v) is 5.05. The summed E-state index contributed by atoms with van der Waals surface area (Å²) in [5.41, 5.74) is -0.162. The molecule has 1 aromatic carbocycles. The van der Waals surface area contributed by atoms with Crippen LogP contribution in [0.3, 0.4) is 0 Å². The molecule has 6 nitrogen and oxygen atoms in total. The number of carbonyl (C=O) groups is 1. The van der Waals surface area contributed by atoms with Crippen LogP contribution in [0.25, 0.3) is 0 Å². The lowest BCUT2D eigenvalue weighted by atomic mass is 9.72. The fourth-order valence-corrected chi connectivity index (χ4v) is 3.84. The normalized spacial score (nSPS) is 39.5.